The van der Waals surface area contributed by atoms with E-state index in [0.29, 0.717) is 18.6 Å². The lowest BCUT2D eigenvalue weighted by Crippen LogP contribution is -1.96. The van der Waals surface area contributed by atoms with Crippen LogP contribution in [0.15, 0.2) is 12.1 Å². The zero-order valence-corrected chi connectivity index (χ0v) is 8.51. The lowest BCUT2D eigenvalue weighted by molar-refractivity contribution is 0.288. The van der Waals surface area contributed by atoms with Crippen LogP contribution in [0.4, 0.5) is 4.39 Å². The maximum absolute atomic E-state index is 13.4. The minimum Gasteiger partial charge on any atom is -0.493 e. The third kappa shape index (κ3) is 2.45. The average Bonchev–Trinajstić information content (AvgIpc) is 2.14. The Balaban J connectivity index is 2.90. The molecule has 0 bridgehead atoms. The Bertz CT molecular complexity index is 287. The second-order valence-corrected chi connectivity index (χ2v) is 3.25. The largest absolute Gasteiger partial charge is 0.493 e. The zero-order valence-electron chi connectivity index (χ0n) is 8.51. The highest BCUT2D eigenvalue weighted by atomic mass is 19.1. The fourth-order valence-electron chi connectivity index (χ4n) is 1.49. The molecule has 0 aliphatic carbocycles. The Kier molecular flexibility index (Phi) is 3.89. The Morgan fingerprint density at radius 2 is 2.14 bits per heavy atom. The van der Waals surface area contributed by atoms with Crippen LogP contribution in [0.3, 0.4) is 0 Å². The molecule has 0 atom stereocenters. The highest BCUT2D eigenvalue weighted by Crippen LogP contribution is 2.23. The zero-order chi connectivity index (χ0) is 10.6. The number of aryl methyl sites for hydroxylation is 2. The first-order valence-corrected chi connectivity index (χ1v) is 4.63. The van der Waals surface area contributed by atoms with Crippen molar-refractivity contribution in [3.63, 3.8) is 0 Å². The molecule has 78 valence electrons. The van der Waals surface area contributed by atoms with Crippen LogP contribution in [0.2, 0.25) is 0 Å². The summed E-state index contributed by atoms with van der Waals surface area (Å²) in [5, 5.41) is 8.65. The lowest BCUT2D eigenvalue weighted by Gasteiger charge is -2.08. The minimum atomic E-state index is -0.333. The molecular formula is C11H15FO2. The van der Waals surface area contributed by atoms with Gasteiger partial charge in [-0.15, -0.1) is 0 Å². The van der Waals surface area contributed by atoms with Crippen LogP contribution in [0.5, 0.6) is 5.75 Å². The minimum absolute atomic E-state index is 0.132. The van der Waals surface area contributed by atoms with Gasteiger partial charge in [0.1, 0.15) is 0 Å². The highest BCUT2D eigenvalue weighted by Gasteiger charge is 2.07. The van der Waals surface area contributed by atoms with Gasteiger partial charge in [-0.3, -0.25) is 0 Å². The van der Waals surface area contributed by atoms with E-state index in [9.17, 15) is 4.39 Å². The van der Waals surface area contributed by atoms with Crippen molar-refractivity contribution in [3.8, 4) is 5.75 Å². The average molecular weight is 198 g/mol. The van der Waals surface area contributed by atoms with Crippen molar-refractivity contribution in [2.24, 2.45) is 0 Å². The topological polar surface area (TPSA) is 29.5 Å². The maximum Gasteiger partial charge on any atom is 0.165 e. The number of ether oxygens (including phenoxy) is 1. The molecular weight excluding hydrogens is 183 g/mol. The molecule has 0 aliphatic rings. The first kappa shape index (κ1) is 11.0. The number of hydrogen-bond acceptors (Lipinski definition) is 2. The number of hydrogen-bond donors (Lipinski definition) is 1. The van der Waals surface area contributed by atoms with Gasteiger partial charge in [0.25, 0.3) is 0 Å². The van der Waals surface area contributed by atoms with Crippen molar-refractivity contribution >= 4 is 0 Å². The molecule has 0 saturated heterocycles. The van der Waals surface area contributed by atoms with Crippen molar-refractivity contribution in [3.05, 3.63) is 29.1 Å². The van der Waals surface area contributed by atoms with Gasteiger partial charge in [-0.25, -0.2) is 4.39 Å². The molecule has 0 radical (unpaired) electrons. The van der Waals surface area contributed by atoms with Crippen molar-refractivity contribution in [2.45, 2.75) is 19.8 Å². The van der Waals surface area contributed by atoms with Gasteiger partial charge in [0.15, 0.2) is 11.6 Å². The molecule has 0 amide bonds. The summed E-state index contributed by atoms with van der Waals surface area (Å²) in [5.41, 5.74) is 1.69. The molecule has 3 heteroatoms. The van der Waals surface area contributed by atoms with E-state index < -0.39 is 0 Å². The number of benzene rings is 1. The molecule has 0 aliphatic heterocycles. The van der Waals surface area contributed by atoms with Gasteiger partial charge >= 0.3 is 0 Å². The summed E-state index contributed by atoms with van der Waals surface area (Å²) in [4.78, 5) is 0. The number of aliphatic hydroxyl groups is 1. The summed E-state index contributed by atoms with van der Waals surface area (Å²) in [6.45, 7) is 1.94. The standard InChI is InChI=1S/C11H15FO2/c1-8-6-9(4-3-5-13)7-10(12)11(8)14-2/h6-7,13H,3-5H2,1-2H3. The van der Waals surface area contributed by atoms with Gasteiger partial charge in [0.05, 0.1) is 7.11 Å². The first-order valence-electron chi connectivity index (χ1n) is 4.63. The van der Waals surface area contributed by atoms with Gasteiger partial charge < -0.3 is 9.84 Å². The van der Waals surface area contributed by atoms with E-state index in [1.165, 1.54) is 13.2 Å². The summed E-state index contributed by atoms with van der Waals surface area (Å²) in [6.07, 6.45) is 1.35. The summed E-state index contributed by atoms with van der Waals surface area (Å²) in [6, 6.07) is 3.35. The van der Waals surface area contributed by atoms with Gasteiger partial charge in [0, 0.05) is 6.61 Å². The number of aliphatic hydroxyl groups excluding tert-OH is 1. The van der Waals surface area contributed by atoms with Crippen LogP contribution < -0.4 is 4.74 Å². The van der Waals surface area contributed by atoms with E-state index >= 15 is 0 Å². The maximum atomic E-state index is 13.4. The van der Waals surface area contributed by atoms with E-state index in [1.807, 2.05) is 13.0 Å². The fourth-order valence-corrected chi connectivity index (χ4v) is 1.49. The Labute approximate surface area is 83.3 Å². The van der Waals surface area contributed by atoms with Crippen LogP contribution in [0, 0.1) is 12.7 Å². The summed E-state index contributed by atoms with van der Waals surface area (Å²) >= 11 is 0. The molecule has 0 fully saturated rings. The number of rotatable bonds is 4. The quantitative estimate of drug-likeness (QED) is 0.802. The second kappa shape index (κ2) is 4.96. The molecule has 0 saturated carbocycles. The predicted octanol–water partition coefficient (Wildman–Crippen LogP) is 2.07. The monoisotopic (exact) mass is 198 g/mol. The van der Waals surface area contributed by atoms with Crippen LogP contribution >= 0.6 is 0 Å². The molecule has 1 rings (SSSR count). The first-order chi connectivity index (χ1) is 6.69. The smallest absolute Gasteiger partial charge is 0.165 e. The summed E-state index contributed by atoms with van der Waals surface area (Å²) < 4.78 is 18.3. The van der Waals surface area contributed by atoms with E-state index in [2.05, 4.69) is 0 Å². The summed E-state index contributed by atoms with van der Waals surface area (Å²) in [7, 11) is 1.46. The van der Waals surface area contributed by atoms with Crippen molar-refractivity contribution < 1.29 is 14.2 Å². The lowest BCUT2D eigenvalue weighted by atomic mass is 10.1. The van der Waals surface area contributed by atoms with Gasteiger partial charge in [-0.2, -0.15) is 0 Å². The molecule has 0 aromatic heterocycles. The van der Waals surface area contributed by atoms with Gasteiger partial charge in [-0.05, 0) is 37.0 Å². The van der Waals surface area contributed by atoms with Gasteiger partial charge in [-0.1, -0.05) is 6.07 Å². The van der Waals surface area contributed by atoms with Crippen LogP contribution in [-0.2, 0) is 6.42 Å². The number of halogens is 1. The van der Waals surface area contributed by atoms with Gasteiger partial charge in [0.2, 0.25) is 0 Å². The summed E-state index contributed by atoms with van der Waals surface area (Å²) in [5.74, 6) is -0.0295. The SMILES string of the molecule is COc1c(C)cc(CCCO)cc1F. The van der Waals surface area contributed by atoms with Crippen molar-refractivity contribution in [1.82, 2.24) is 0 Å². The second-order valence-electron chi connectivity index (χ2n) is 3.25. The molecule has 1 aromatic carbocycles. The van der Waals surface area contributed by atoms with Crippen LogP contribution in [0.1, 0.15) is 17.5 Å². The molecule has 2 nitrogen and oxygen atoms in total. The Morgan fingerprint density at radius 3 is 2.64 bits per heavy atom. The fraction of sp³-hybridized carbons (Fsp3) is 0.455. The molecule has 1 aromatic rings. The third-order valence-electron chi connectivity index (χ3n) is 2.12. The van der Waals surface area contributed by atoms with E-state index in [4.69, 9.17) is 9.84 Å². The Morgan fingerprint density at radius 1 is 1.43 bits per heavy atom. The van der Waals surface area contributed by atoms with Crippen LogP contribution in [-0.4, -0.2) is 18.8 Å². The van der Waals surface area contributed by atoms with Crippen LogP contribution in [0.25, 0.3) is 0 Å². The molecule has 14 heavy (non-hydrogen) atoms. The van der Waals surface area contributed by atoms with E-state index in [1.54, 1.807) is 0 Å². The molecule has 0 spiro atoms. The molecule has 0 heterocycles. The Hall–Kier alpha value is -1.09. The highest BCUT2D eigenvalue weighted by molar-refractivity contribution is 5.37. The normalized spacial score (nSPS) is 10.3. The van der Waals surface area contributed by atoms with Crippen molar-refractivity contribution in [2.75, 3.05) is 13.7 Å². The third-order valence-corrected chi connectivity index (χ3v) is 2.12. The predicted molar refractivity (Wildman–Crippen MR) is 53.1 cm³/mol. The van der Waals surface area contributed by atoms with E-state index in [-0.39, 0.29) is 12.4 Å². The van der Waals surface area contributed by atoms with E-state index in [0.717, 1.165) is 11.1 Å². The molecule has 1 N–H and O–H groups in total. The number of methoxy groups -OCH3 is 1. The molecule has 0 unspecified atom stereocenters. The van der Waals surface area contributed by atoms with Crippen molar-refractivity contribution in [1.29, 1.82) is 0 Å².